The molecule has 0 atom stereocenters. The fraction of sp³-hybridized carbons (Fsp3) is 0.111. The molecule has 1 heterocycles. The average molecular weight is 630 g/mol. The quantitative estimate of drug-likeness (QED) is 0.118. The van der Waals surface area contributed by atoms with E-state index in [4.69, 9.17) is 4.74 Å². The van der Waals surface area contributed by atoms with Crippen molar-refractivity contribution in [3.63, 3.8) is 0 Å². The molecule has 36 heavy (non-hydrogen) atoms. The molecule has 0 bridgehead atoms. The number of rotatable bonds is 4. The van der Waals surface area contributed by atoms with Crippen molar-refractivity contribution in [1.29, 1.82) is 0 Å². The van der Waals surface area contributed by atoms with Gasteiger partial charge >= 0.3 is 12.4 Å². The second kappa shape index (κ2) is 9.33. The Labute approximate surface area is 219 Å². The van der Waals surface area contributed by atoms with Gasteiger partial charge in [-0.25, -0.2) is 0 Å². The number of fused-ring (bicyclic) bond motifs is 3. The SMILES string of the molecule is FC(F)(F)c1ccc2c(c1)-c1cc(C(F)(F)F)ccc1[SH]2c1ccc(OCc2ccc(I)cc2)cc1. The lowest BCUT2D eigenvalue weighted by molar-refractivity contribution is -0.138. The second-order valence-electron chi connectivity index (χ2n) is 8.20. The van der Waals surface area contributed by atoms with Crippen LogP contribution in [0.1, 0.15) is 16.7 Å². The second-order valence-corrected chi connectivity index (χ2v) is 11.6. The van der Waals surface area contributed by atoms with Gasteiger partial charge in [-0.05, 0) is 117 Å². The van der Waals surface area contributed by atoms with Gasteiger partial charge in [0.2, 0.25) is 0 Å². The van der Waals surface area contributed by atoms with Gasteiger partial charge in [-0.3, -0.25) is 0 Å². The maximum atomic E-state index is 13.4. The van der Waals surface area contributed by atoms with Gasteiger partial charge in [-0.15, -0.1) is 0 Å². The molecule has 4 aromatic rings. The first-order valence-electron chi connectivity index (χ1n) is 10.7. The molecule has 0 N–H and O–H groups in total. The number of ether oxygens (including phenoxy) is 1. The van der Waals surface area contributed by atoms with Gasteiger partial charge in [0.25, 0.3) is 0 Å². The standard InChI is InChI=1S/C27H17F6IOS/c28-26(29,30)17-3-11-24-22(13-17)23-14-18(27(31,32)33)4-12-25(23)36(24)21-9-7-20(8-10-21)35-15-16-1-5-19(34)6-2-16/h1-14,36H,15H2. The van der Waals surface area contributed by atoms with Crippen molar-refractivity contribution < 1.29 is 31.1 Å². The highest BCUT2D eigenvalue weighted by Crippen LogP contribution is 2.63. The minimum Gasteiger partial charge on any atom is -0.489 e. The van der Waals surface area contributed by atoms with E-state index in [-0.39, 0.29) is 11.1 Å². The zero-order valence-corrected chi connectivity index (χ0v) is 21.3. The molecule has 0 fully saturated rings. The lowest BCUT2D eigenvalue weighted by atomic mass is 10.0. The van der Waals surface area contributed by atoms with Crippen molar-refractivity contribution in [2.75, 3.05) is 0 Å². The van der Waals surface area contributed by atoms with Crippen LogP contribution in [0.4, 0.5) is 26.3 Å². The molecular weight excluding hydrogens is 613 g/mol. The first-order chi connectivity index (χ1) is 17.0. The van der Waals surface area contributed by atoms with Crippen molar-refractivity contribution in [3.05, 3.63) is 105 Å². The minimum atomic E-state index is -4.60. The summed E-state index contributed by atoms with van der Waals surface area (Å²) in [5.41, 5.74) is -0.391. The van der Waals surface area contributed by atoms with Crippen LogP contribution in [0.2, 0.25) is 0 Å². The monoisotopic (exact) mass is 630 g/mol. The van der Waals surface area contributed by atoms with Gasteiger partial charge < -0.3 is 4.74 Å². The van der Waals surface area contributed by atoms with E-state index in [0.29, 0.717) is 22.1 Å². The third-order valence-corrected chi connectivity index (χ3v) is 9.11. The summed E-state index contributed by atoms with van der Waals surface area (Å²) in [5.74, 6) is 0.617. The number of thiol groups is 1. The molecule has 0 aliphatic carbocycles. The number of hydrogen-bond donors (Lipinski definition) is 1. The summed E-state index contributed by atoms with van der Waals surface area (Å²) >= 11 is 2.22. The Morgan fingerprint density at radius 2 is 1.14 bits per heavy atom. The van der Waals surface area contributed by atoms with Gasteiger partial charge in [-0.2, -0.15) is 37.2 Å². The Hall–Kier alpha value is -2.66. The maximum Gasteiger partial charge on any atom is 0.416 e. The molecule has 1 aliphatic rings. The van der Waals surface area contributed by atoms with Gasteiger partial charge in [0.1, 0.15) is 12.4 Å². The molecule has 186 valence electrons. The van der Waals surface area contributed by atoms with E-state index in [1.54, 1.807) is 12.1 Å². The topological polar surface area (TPSA) is 9.23 Å². The van der Waals surface area contributed by atoms with Gasteiger partial charge in [-0.1, -0.05) is 12.1 Å². The van der Waals surface area contributed by atoms with Crippen LogP contribution in [0.15, 0.2) is 99.6 Å². The Bertz CT molecular complexity index is 1350. The summed E-state index contributed by atoms with van der Waals surface area (Å²) < 4.78 is 87.3. The molecule has 4 aromatic carbocycles. The summed E-state index contributed by atoms with van der Waals surface area (Å²) in [5, 5.41) is 0. The largest absolute Gasteiger partial charge is 0.489 e. The van der Waals surface area contributed by atoms with Gasteiger partial charge in [0.15, 0.2) is 0 Å². The molecule has 0 saturated carbocycles. The normalized spacial score (nSPS) is 13.9. The molecule has 0 saturated heterocycles. The van der Waals surface area contributed by atoms with E-state index in [0.717, 1.165) is 38.3 Å². The van der Waals surface area contributed by atoms with Crippen LogP contribution in [0.3, 0.4) is 0 Å². The zero-order valence-electron chi connectivity index (χ0n) is 18.3. The van der Waals surface area contributed by atoms with Gasteiger partial charge in [0.05, 0.1) is 11.1 Å². The fourth-order valence-electron chi connectivity index (χ4n) is 4.09. The van der Waals surface area contributed by atoms with Crippen molar-refractivity contribution in [2.24, 2.45) is 0 Å². The molecule has 0 unspecified atom stereocenters. The summed E-state index contributed by atoms with van der Waals surface area (Å²) in [6.07, 6.45) is -9.20. The highest BCUT2D eigenvalue weighted by Gasteiger charge is 2.37. The zero-order chi connectivity index (χ0) is 25.7. The summed E-state index contributed by atoms with van der Waals surface area (Å²) in [6.45, 7) is 0.372. The molecule has 5 rings (SSSR count). The van der Waals surface area contributed by atoms with Crippen LogP contribution in [0.5, 0.6) is 5.75 Å². The van der Waals surface area contributed by atoms with Crippen LogP contribution >= 0.6 is 33.5 Å². The molecule has 1 nitrogen and oxygen atoms in total. The molecular formula is C27H17F6IOS. The van der Waals surface area contributed by atoms with Crippen LogP contribution in [0, 0.1) is 3.57 Å². The molecule has 9 heteroatoms. The predicted molar refractivity (Wildman–Crippen MR) is 136 cm³/mol. The number of hydrogen-bond acceptors (Lipinski definition) is 1. The molecule has 0 amide bonds. The fourth-order valence-corrected chi connectivity index (χ4v) is 7.01. The Morgan fingerprint density at radius 1 is 0.639 bits per heavy atom. The highest BCUT2D eigenvalue weighted by molar-refractivity contribution is 14.1. The van der Waals surface area contributed by atoms with Crippen LogP contribution in [-0.2, 0) is 19.0 Å². The summed E-state index contributed by atoms with van der Waals surface area (Å²) in [6, 6.07) is 21.8. The van der Waals surface area contributed by atoms with E-state index in [9.17, 15) is 26.3 Å². The van der Waals surface area contributed by atoms with E-state index in [1.807, 2.05) is 36.4 Å². The summed E-state index contributed by atoms with van der Waals surface area (Å²) in [7, 11) is -1.33. The Kier molecular flexibility index (Phi) is 6.48. The first kappa shape index (κ1) is 25.0. The molecule has 0 spiro atoms. The van der Waals surface area contributed by atoms with Crippen molar-refractivity contribution >= 4 is 33.5 Å². The van der Waals surface area contributed by atoms with Crippen molar-refractivity contribution in [3.8, 4) is 16.9 Å². The van der Waals surface area contributed by atoms with Crippen LogP contribution in [0.25, 0.3) is 11.1 Å². The van der Waals surface area contributed by atoms with E-state index in [1.165, 1.54) is 12.1 Å². The predicted octanol–water partition coefficient (Wildman–Crippen LogP) is 9.37. The number of halogens is 7. The van der Waals surface area contributed by atoms with E-state index >= 15 is 0 Å². The van der Waals surface area contributed by atoms with Crippen molar-refractivity contribution in [2.45, 2.75) is 33.6 Å². The Balaban J connectivity index is 1.50. The smallest absolute Gasteiger partial charge is 0.416 e. The van der Waals surface area contributed by atoms with E-state index < -0.39 is 34.4 Å². The van der Waals surface area contributed by atoms with Gasteiger partial charge in [0, 0.05) is 13.4 Å². The highest BCUT2D eigenvalue weighted by atomic mass is 127. The van der Waals surface area contributed by atoms with Crippen LogP contribution in [-0.4, -0.2) is 0 Å². The average Bonchev–Trinajstić information content (AvgIpc) is 3.16. The molecule has 1 aliphatic heterocycles. The lowest BCUT2D eigenvalue weighted by Crippen LogP contribution is -2.05. The van der Waals surface area contributed by atoms with Crippen LogP contribution < -0.4 is 4.74 Å². The first-order valence-corrected chi connectivity index (χ1v) is 13.1. The van der Waals surface area contributed by atoms with Crippen molar-refractivity contribution in [1.82, 2.24) is 0 Å². The molecule has 0 radical (unpaired) electrons. The third-order valence-electron chi connectivity index (χ3n) is 5.83. The third kappa shape index (κ3) is 4.95. The lowest BCUT2D eigenvalue weighted by Gasteiger charge is -2.20. The molecule has 0 aromatic heterocycles. The Morgan fingerprint density at radius 3 is 1.61 bits per heavy atom. The minimum absolute atomic E-state index is 0.191. The van der Waals surface area contributed by atoms with E-state index in [2.05, 4.69) is 22.6 Å². The number of benzene rings is 4. The summed E-state index contributed by atoms with van der Waals surface area (Å²) in [4.78, 5) is 2.01. The maximum absolute atomic E-state index is 13.4. The number of alkyl halides is 6.